The molecule has 0 saturated carbocycles. The van der Waals surface area contributed by atoms with Crippen LogP contribution in [0.2, 0.25) is 0 Å². The number of fused-ring (bicyclic) bond motifs is 3. The van der Waals surface area contributed by atoms with Gasteiger partial charge in [0.2, 0.25) is 11.8 Å². The van der Waals surface area contributed by atoms with Crippen molar-refractivity contribution < 1.29 is 14.0 Å². The molecule has 4 rings (SSSR count). The molecule has 1 aromatic heterocycles. The zero-order valence-electron chi connectivity index (χ0n) is 15.8. The summed E-state index contributed by atoms with van der Waals surface area (Å²) in [5, 5.41) is 3.27. The molecule has 0 unspecified atom stereocenters. The van der Waals surface area contributed by atoms with Gasteiger partial charge in [0.15, 0.2) is 0 Å². The Balaban J connectivity index is 1.51. The van der Waals surface area contributed by atoms with Crippen LogP contribution >= 0.6 is 0 Å². The van der Waals surface area contributed by atoms with E-state index in [9.17, 15) is 9.59 Å². The summed E-state index contributed by atoms with van der Waals surface area (Å²) >= 11 is 0. The molecular weight excluding hydrogens is 340 g/mol. The van der Waals surface area contributed by atoms with E-state index < -0.39 is 0 Å². The van der Waals surface area contributed by atoms with E-state index >= 15 is 0 Å². The average molecular weight is 364 g/mol. The van der Waals surface area contributed by atoms with Crippen LogP contribution in [0.25, 0.3) is 21.7 Å². The quantitative estimate of drug-likeness (QED) is 0.715. The fourth-order valence-electron chi connectivity index (χ4n) is 3.82. The fraction of sp³-hybridized carbons (Fsp3) is 0.364. The minimum Gasteiger partial charge on any atom is -0.464 e. The Morgan fingerprint density at radius 3 is 2.44 bits per heavy atom. The van der Waals surface area contributed by atoms with Crippen molar-refractivity contribution in [3.8, 4) is 0 Å². The highest BCUT2D eigenvalue weighted by Gasteiger charge is 2.26. The van der Waals surface area contributed by atoms with Gasteiger partial charge in [0.1, 0.15) is 5.58 Å². The van der Waals surface area contributed by atoms with E-state index in [2.05, 4.69) is 12.1 Å². The van der Waals surface area contributed by atoms with Crippen molar-refractivity contribution in [1.82, 2.24) is 9.80 Å². The van der Waals surface area contributed by atoms with Gasteiger partial charge in [-0.15, -0.1) is 0 Å². The maximum absolute atomic E-state index is 12.8. The van der Waals surface area contributed by atoms with Gasteiger partial charge in [0.05, 0.1) is 12.7 Å². The summed E-state index contributed by atoms with van der Waals surface area (Å²) in [4.78, 5) is 28.7. The van der Waals surface area contributed by atoms with Crippen molar-refractivity contribution in [2.75, 3.05) is 26.2 Å². The van der Waals surface area contributed by atoms with Crippen molar-refractivity contribution in [2.45, 2.75) is 20.3 Å². The molecule has 0 atom stereocenters. The molecule has 2 heterocycles. The zero-order chi connectivity index (χ0) is 19.0. The van der Waals surface area contributed by atoms with Crippen molar-refractivity contribution in [1.29, 1.82) is 0 Å². The van der Waals surface area contributed by atoms with Crippen LogP contribution in [-0.4, -0.2) is 47.8 Å². The lowest BCUT2D eigenvalue weighted by molar-refractivity contribution is -0.141. The average Bonchev–Trinajstić information content (AvgIpc) is 3.10. The second kappa shape index (κ2) is 7.06. The van der Waals surface area contributed by atoms with E-state index in [0.717, 1.165) is 27.3 Å². The van der Waals surface area contributed by atoms with E-state index in [1.165, 1.54) is 0 Å². The van der Waals surface area contributed by atoms with Crippen molar-refractivity contribution in [3.05, 3.63) is 48.2 Å². The van der Waals surface area contributed by atoms with Gasteiger partial charge >= 0.3 is 0 Å². The molecule has 1 fully saturated rings. The lowest BCUT2D eigenvalue weighted by atomic mass is 10.0. The number of carbonyl (C=O) groups excluding carboxylic acids is 2. The normalized spacial score (nSPS) is 15.1. The molecule has 2 aromatic carbocycles. The van der Waals surface area contributed by atoms with Gasteiger partial charge in [0, 0.05) is 43.0 Å². The van der Waals surface area contributed by atoms with Crippen LogP contribution in [0.1, 0.15) is 19.4 Å². The molecule has 27 heavy (non-hydrogen) atoms. The summed E-state index contributed by atoms with van der Waals surface area (Å²) in [6.45, 7) is 6.22. The highest BCUT2D eigenvalue weighted by Crippen LogP contribution is 2.30. The maximum Gasteiger partial charge on any atom is 0.227 e. The molecule has 5 heteroatoms. The number of hydrogen-bond acceptors (Lipinski definition) is 3. The molecular formula is C22H24N2O3. The Morgan fingerprint density at radius 2 is 1.70 bits per heavy atom. The highest BCUT2D eigenvalue weighted by molar-refractivity contribution is 6.08. The fourth-order valence-corrected chi connectivity index (χ4v) is 3.82. The van der Waals surface area contributed by atoms with Crippen LogP contribution in [0, 0.1) is 5.92 Å². The molecule has 0 N–H and O–H groups in total. The molecule has 0 bridgehead atoms. The Hall–Kier alpha value is -2.82. The minimum atomic E-state index is -0.00201. The molecule has 0 aliphatic carbocycles. The first-order chi connectivity index (χ1) is 13.0. The third-order valence-electron chi connectivity index (χ3n) is 5.32. The lowest BCUT2D eigenvalue weighted by Crippen LogP contribution is -2.51. The number of rotatable bonds is 3. The van der Waals surface area contributed by atoms with Gasteiger partial charge in [-0.1, -0.05) is 44.2 Å². The van der Waals surface area contributed by atoms with Gasteiger partial charge in [0.25, 0.3) is 0 Å². The van der Waals surface area contributed by atoms with E-state index in [4.69, 9.17) is 4.42 Å². The summed E-state index contributed by atoms with van der Waals surface area (Å²) in [5.41, 5.74) is 1.73. The number of nitrogens with zero attached hydrogens (tertiary/aromatic N) is 2. The van der Waals surface area contributed by atoms with Crippen LogP contribution in [0.15, 0.2) is 47.1 Å². The SMILES string of the molecule is CC(C)C(=O)N1CCN(C(=O)Cc2coc3ccc4ccccc4c23)CC1. The van der Waals surface area contributed by atoms with Gasteiger partial charge in [-0.2, -0.15) is 0 Å². The first-order valence-electron chi connectivity index (χ1n) is 9.49. The van der Waals surface area contributed by atoms with E-state index in [-0.39, 0.29) is 17.7 Å². The van der Waals surface area contributed by atoms with Gasteiger partial charge in [-0.3, -0.25) is 9.59 Å². The molecule has 5 nitrogen and oxygen atoms in total. The number of benzene rings is 2. The Bertz CT molecular complexity index is 997. The van der Waals surface area contributed by atoms with Gasteiger partial charge in [-0.05, 0) is 16.8 Å². The van der Waals surface area contributed by atoms with Crippen LogP contribution < -0.4 is 0 Å². The van der Waals surface area contributed by atoms with Crippen molar-refractivity contribution >= 4 is 33.6 Å². The summed E-state index contributed by atoms with van der Waals surface area (Å²) in [6, 6.07) is 12.2. The summed E-state index contributed by atoms with van der Waals surface area (Å²) in [5.74, 6) is 0.245. The number of furan rings is 1. The molecule has 3 aromatic rings. The monoisotopic (exact) mass is 364 g/mol. The third kappa shape index (κ3) is 3.29. The minimum absolute atomic E-state index is 0.00201. The van der Waals surface area contributed by atoms with Crippen LogP contribution in [0.4, 0.5) is 0 Å². The Kier molecular flexibility index (Phi) is 4.60. The maximum atomic E-state index is 12.8. The van der Waals surface area contributed by atoms with Crippen LogP contribution in [-0.2, 0) is 16.0 Å². The first kappa shape index (κ1) is 17.6. The number of amides is 2. The van der Waals surface area contributed by atoms with Gasteiger partial charge < -0.3 is 14.2 Å². The van der Waals surface area contributed by atoms with E-state index in [1.807, 2.05) is 47.9 Å². The molecule has 2 amide bonds. The summed E-state index contributed by atoms with van der Waals surface area (Å²) in [6.07, 6.45) is 2.02. The van der Waals surface area contributed by atoms with Crippen LogP contribution in [0.3, 0.4) is 0 Å². The van der Waals surface area contributed by atoms with Gasteiger partial charge in [-0.25, -0.2) is 0 Å². The molecule has 140 valence electrons. The van der Waals surface area contributed by atoms with E-state index in [1.54, 1.807) is 6.26 Å². The number of hydrogen-bond donors (Lipinski definition) is 0. The first-order valence-corrected chi connectivity index (χ1v) is 9.49. The predicted molar refractivity (Wildman–Crippen MR) is 105 cm³/mol. The molecule has 0 radical (unpaired) electrons. The van der Waals surface area contributed by atoms with Crippen LogP contribution in [0.5, 0.6) is 0 Å². The second-order valence-corrected chi connectivity index (χ2v) is 7.46. The third-order valence-corrected chi connectivity index (χ3v) is 5.32. The van der Waals surface area contributed by atoms with Crippen molar-refractivity contribution in [3.63, 3.8) is 0 Å². The molecule has 1 saturated heterocycles. The Labute approximate surface area is 158 Å². The van der Waals surface area contributed by atoms with Crippen molar-refractivity contribution in [2.24, 2.45) is 5.92 Å². The standard InChI is InChI=1S/C22H24N2O3/c1-15(2)22(26)24-11-9-23(10-12-24)20(25)13-17-14-27-19-8-7-16-5-3-4-6-18(16)21(17)19/h3-8,14-15H,9-13H2,1-2H3. The summed E-state index contributed by atoms with van der Waals surface area (Å²) < 4.78 is 5.70. The molecule has 0 spiro atoms. The topological polar surface area (TPSA) is 53.8 Å². The number of carbonyl (C=O) groups is 2. The number of piperazine rings is 1. The largest absolute Gasteiger partial charge is 0.464 e. The molecule has 1 aliphatic heterocycles. The van der Waals surface area contributed by atoms with E-state index in [0.29, 0.717) is 32.6 Å². The zero-order valence-corrected chi connectivity index (χ0v) is 15.8. The molecule has 1 aliphatic rings. The Morgan fingerprint density at radius 1 is 1.00 bits per heavy atom. The smallest absolute Gasteiger partial charge is 0.227 e. The summed E-state index contributed by atoms with van der Waals surface area (Å²) in [7, 11) is 0. The highest BCUT2D eigenvalue weighted by atomic mass is 16.3. The predicted octanol–water partition coefficient (Wildman–Crippen LogP) is 3.46. The second-order valence-electron chi connectivity index (χ2n) is 7.46. The lowest BCUT2D eigenvalue weighted by Gasteiger charge is -2.35.